The van der Waals surface area contributed by atoms with Gasteiger partial charge in [0.2, 0.25) is 0 Å². The Labute approximate surface area is 131 Å². The molecule has 0 aliphatic rings. The molecule has 21 heavy (non-hydrogen) atoms. The molecule has 0 fully saturated rings. The lowest BCUT2D eigenvalue weighted by molar-refractivity contribution is 0.412. The molecule has 3 N–H and O–H groups in total. The van der Waals surface area contributed by atoms with Gasteiger partial charge in [0.1, 0.15) is 5.75 Å². The summed E-state index contributed by atoms with van der Waals surface area (Å²) in [7, 11) is 1.65. The lowest BCUT2D eigenvalue weighted by Gasteiger charge is -2.12. The van der Waals surface area contributed by atoms with Gasteiger partial charge >= 0.3 is 0 Å². The molecule has 0 amide bonds. The number of nitrogens with two attached hydrogens (primary N) is 1. The molecule has 2 aromatic carbocycles. The quantitative estimate of drug-likeness (QED) is 0.694. The van der Waals surface area contributed by atoms with Crippen LogP contribution in [0.5, 0.6) is 5.75 Å². The third-order valence-electron chi connectivity index (χ3n) is 3.28. The monoisotopic (exact) mass is 343 g/mol. The molecule has 0 spiro atoms. The number of nitrogen functional groups attached to an aromatic ring is 1. The van der Waals surface area contributed by atoms with Crippen LogP contribution in [0.4, 0.5) is 17.1 Å². The number of nitrogens with zero attached hydrogens (tertiary/aromatic N) is 1. The number of benzene rings is 2. The molecular weight excluding hydrogens is 330 g/mol. The van der Waals surface area contributed by atoms with E-state index in [1.54, 1.807) is 13.3 Å². The summed E-state index contributed by atoms with van der Waals surface area (Å²) in [5.41, 5.74) is 8.66. The Kier molecular flexibility index (Phi) is 3.66. The topological polar surface area (TPSA) is 60.2 Å². The van der Waals surface area contributed by atoms with Crippen LogP contribution in [0.3, 0.4) is 0 Å². The summed E-state index contributed by atoms with van der Waals surface area (Å²) in [6.07, 6.45) is 3.55. The van der Waals surface area contributed by atoms with E-state index in [9.17, 15) is 0 Å². The molecule has 3 rings (SSSR count). The van der Waals surface area contributed by atoms with E-state index in [0.29, 0.717) is 0 Å². The number of pyridine rings is 1. The highest BCUT2D eigenvalue weighted by atomic mass is 79.9. The Morgan fingerprint density at radius 1 is 1.14 bits per heavy atom. The average molecular weight is 344 g/mol. The maximum Gasteiger partial charge on any atom is 0.133 e. The van der Waals surface area contributed by atoms with Crippen LogP contribution < -0.4 is 15.8 Å². The molecule has 3 aromatic rings. The molecule has 0 aliphatic heterocycles. The van der Waals surface area contributed by atoms with Gasteiger partial charge < -0.3 is 15.8 Å². The van der Waals surface area contributed by atoms with Crippen molar-refractivity contribution in [2.75, 3.05) is 18.2 Å². The van der Waals surface area contributed by atoms with Gasteiger partial charge in [0.15, 0.2) is 0 Å². The number of fused-ring (bicyclic) bond motifs is 1. The van der Waals surface area contributed by atoms with Gasteiger partial charge in [-0.15, -0.1) is 0 Å². The normalized spacial score (nSPS) is 10.6. The highest BCUT2D eigenvalue weighted by Crippen LogP contribution is 2.32. The summed E-state index contributed by atoms with van der Waals surface area (Å²) < 4.78 is 6.13. The van der Waals surface area contributed by atoms with Crippen molar-refractivity contribution in [1.82, 2.24) is 4.98 Å². The summed E-state index contributed by atoms with van der Waals surface area (Å²) in [4.78, 5) is 4.18. The highest BCUT2D eigenvalue weighted by Gasteiger charge is 2.06. The fourth-order valence-corrected chi connectivity index (χ4v) is 2.76. The van der Waals surface area contributed by atoms with Crippen molar-refractivity contribution in [3.8, 4) is 5.75 Å². The molecule has 106 valence electrons. The highest BCUT2D eigenvalue weighted by molar-refractivity contribution is 9.10. The second-order valence-electron chi connectivity index (χ2n) is 4.60. The second kappa shape index (κ2) is 5.61. The number of hydrogen-bond acceptors (Lipinski definition) is 4. The van der Waals surface area contributed by atoms with Gasteiger partial charge in [0.05, 0.1) is 11.6 Å². The molecule has 0 saturated heterocycles. The predicted molar refractivity (Wildman–Crippen MR) is 90.1 cm³/mol. The van der Waals surface area contributed by atoms with Crippen LogP contribution in [-0.4, -0.2) is 12.1 Å². The number of anilines is 3. The fourth-order valence-electron chi connectivity index (χ4n) is 2.22. The third-order valence-corrected chi connectivity index (χ3v) is 3.90. The van der Waals surface area contributed by atoms with Crippen molar-refractivity contribution < 1.29 is 4.74 Å². The molecule has 0 unspecified atom stereocenters. The van der Waals surface area contributed by atoms with Crippen LogP contribution in [0.15, 0.2) is 53.3 Å². The Hall–Kier alpha value is -2.27. The van der Waals surface area contributed by atoms with Crippen LogP contribution in [0.25, 0.3) is 10.8 Å². The molecule has 0 bridgehead atoms. The van der Waals surface area contributed by atoms with Gasteiger partial charge in [-0.25, -0.2) is 0 Å². The first-order valence-corrected chi connectivity index (χ1v) is 7.21. The van der Waals surface area contributed by atoms with Crippen molar-refractivity contribution in [3.05, 3.63) is 53.3 Å². The zero-order valence-corrected chi connectivity index (χ0v) is 13.0. The van der Waals surface area contributed by atoms with Crippen LogP contribution in [-0.2, 0) is 0 Å². The van der Waals surface area contributed by atoms with Gasteiger partial charge in [-0.1, -0.05) is 0 Å². The van der Waals surface area contributed by atoms with Crippen molar-refractivity contribution in [2.45, 2.75) is 0 Å². The Morgan fingerprint density at radius 2 is 2.00 bits per heavy atom. The first-order chi connectivity index (χ1) is 10.2. The van der Waals surface area contributed by atoms with E-state index in [1.165, 1.54) is 0 Å². The van der Waals surface area contributed by atoms with E-state index in [2.05, 4.69) is 26.2 Å². The van der Waals surface area contributed by atoms with Crippen LogP contribution in [0.2, 0.25) is 0 Å². The minimum Gasteiger partial charge on any atom is -0.496 e. The van der Waals surface area contributed by atoms with Crippen LogP contribution in [0.1, 0.15) is 0 Å². The van der Waals surface area contributed by atoms with E-state index in [1.807, 2.05) is 42.6 Å². The van der Waals surface area contributed by atoms with Crippen LogP contribution in [0, 0.1) is 0 Å². The number of halogens is 1. The number of rotatable bonds is 3. The molecule has 4 nitrogen and oxygen atoms in total. The van der Waals surface area contributed by atoms with E-state index < -0.39 is 0 Å². The van der Waals surface area contributed by atoms with Gasteiger partial charge in [-0.2, -0.15) is 0 Å². The first kappa shape index (κ1) is 13.7. The molecule has 1 heterocycles. The maximum atomic E-state index is 6.00. The fraction of sp³-hybridized carbons (Fsp3) is 0.0625. The number of ether oxygens (including phenoxy) is 1. The summed E-state index contributed by atoms with van der Waals surface area (Å²) in [5, 5.41) is 5.36. The van der Waals surface area contributed by atoms with E-state index in [4.69, 9.17) is 10.5 Å². The van der Waals surface area contributed by atoms with Crippen molar-refractivity contribution in [2.24, 2.45) is 0 Å². The molecule has 5 heteroatoms. The second-order valence-corrected chi connectivity index (χ2v) is 5.45. The zero-order valence-electron chi connectivity index (χ0n) is 11.4. The number of methoxy groups -OCH3 is 1. The number of nitrogens with one attached hydrogen (secondary N) is 1. The SMILES string of the molecule is COc1ccc(Nc2ccc(N)c3ccncc23)cc1Br. The molecule has 0 aliphatic carbocycles. The average Bonchev–Trinajstić information content (AvgIpc) is 2.51. The number of hydrogen-bond donors (Lipinski definition) is 2. The zero-order chi connectivity index (χ0) is 14.8. The van der Waals surface area contributed by atoms with Crippen LogP contribution >= 0.6 is 15.9 Å². The minimum atomic E-state index is 0.744. The van der Waals surface area contributed by atoms with Gasteiger partial charge in [0, 0.05) is 40.2 Å². The molecule has 0 atom stereocenters. The van der Waals surface area contributed by atoms with Crippen molar-refractivity contribution in [1.29, 1.82) is 0 Å². The van der Waals surface area contributed by atoms with E-state index in [0.717, 1.165) is 38.1 Å². The van der Waals surface area contributed by atoms with Gasteiger partial charge in [-0.3, -0.25) is 4.98 Å². The van der Waals surface area contributed by atoms with Gasteiger partial charge in [0.25, 0.3) is 0 Å². The molecular formula is C16H14BrN3O. The Morgan fingerprint density at radius 3 is 2.76 bits per heavy atom. The third kappa shape index (κ3) is 2.64. The Balaban J connectivity index is 2.02. The smallest absolute Gasteiger partial charge is 0.133 e. The minimum absolute atomic E-state index is 0.744. The molecule has 1 aromatic heterocycles. The molecule has 0 saturated carbocycles. The lowest BCUT2D eigenvalue weighted by Crippen LogP contribution is -1.95. The lowest BCUT2D eigenvalue weighted by atomic mass is 10.1. The summed E-state index contributed by atoms with van der Waals surface area (Å²) in [6, 6.07) is 11.6. The van der Waals surface area contributed by atoms with Gasteiger partial charge in [-0.05, 0) is 52.3 Å². The standard InChI is InChI=1S/C16H14BrN3O/c1-21-16-5-2-10(8-13(16)17)20-15-4-3-14(18)11-6-7-19-9-12(11)15/h2-9,20H,18H2,1H3. The van der Waals surface area contributed by atoms with E-state index >= 15 is 0 Å². The largest absolute Gasteiger partial charge is 0.496 e. The summed E-state index contributed by atoms with van der Waals surface area (Å²) in [6.45, 7) is 0. The molecule has 0 radical (unpaired) electrons. The predicted octanol–water partition coefficient (Wildman–Crippen LogP) is 4.33. The van der Waals surface area contributed by atoms with Crippen molar-refractivity contribution in [3.63, 3.8) is 0 Å². The first-order valence-electron chi connectivity index (χ1n) is 6.42. The summed E-state index contributed by atoms with van der Waals surface area (Å²) >= 11 is 3.48. The Bertz CT molecular complexity index is 805. The number of aromatic nitrogens is 1. The maximum absolute atomic E-state index is 6.00. The van der Waals surface area contributed by atoms with Crippen molar-refractivity contribution >= 4 is 43.8 Å². The summed E-state index contributed by atoms with van der Waals surface area (Å²) in [5.74, 6) is 0.796. The van der Waals surface area contributed by atoms with E-state index in [-0.39, 0.29) is 0 Å².